The van der Waals surface area contributed by atoms with Crippen LogP contribution >= 0.6 is 11.6 Å². The van der Waals surface area contributed by atoms with Gasteiger partial charge < -0.3 is 10.5 Å². The Bertz CT molecular complexity index is 341. The first-order valence-electron chi connectivity index (χ1n) is 6.26. The van der Waals surface area contributed by atoms with E-state index < -0.39 is 0 Å². The Morgan fingerprint density at radius 3 is 2.65 bits per heavy atom. The smallest absolute Gasteiger partial charge is 0.120 e. The van der Waals surface area contributed by atoms with Crippen molar-refractivity contribution in [1.29, 1.82) is 0 Å². The quantitative estimate of drug-likeness (QED) is 0.800. The number of methoxy groups -OCH3 is 1. The van der Waals surface area contributed by atoms with Gasteiger partial charge in [0.2, 0.25) is 0 Å². The van der Waals surface area contributed by atoms with Gasteiger partial charge in [-0.25, -0.2) is 0 Å². The van der Waals surface area contributed by atoms with Crippen LogP contribution in [0.1, 0.15) is 44.1 Å². The number of ether oxygens (including phenoxy) is 1. The van der Waals surface area contributed by atoms with E-state index in [0.717, 1.165) is 43.0 Å². The predicted molar refractivity (Wildman–Crippen MR) is 73.9 cm³/mol. The molecule has 3 heteroatoms. The predicted octanol–water partition coefficient (Wildman–Crippen LogP) is 3.97. The van der Waals surface area contributed by atoms with Crippen molar-refractivity contribution in [3.63, 3.8) is 0 Å². The average molecular weight is 256 g/mol. The van der Waals surface area contributed by atoms with Crippen molar-refractivity contribution in [3.05, 3.63) is 28.8 Å². The molecule has 1 aromatic rings. The molecule has 1 aromatic carbocycles. The number of nitrogens with two attached hydrogens (primary N) is 1. The minimum Gasteiger partial charge on any atom is -0.497 e. The number of halogens is 1. The first-order chi connectivity index (χ1) is 8.22. The molecule has 0 radical (unpaired) electrons. The van der Waals surface area contributed by atoms with Crippen LogP contribution in [0.3, 0.4) is 0 Å². The van der Waals surface area contributed by atoms with E-state index in [-0.39, 0.29) is 0 Å². The Morgan fingerprint density at radius 2 is 2.12 bits per heavy atom. The standard InChI is InChI=1S/C14H22ClNO/c1-3-5-11(6-4-9-16)13-8-7-12(17-2)10-14(13)15/h7-8,10-11H,3-6,9,16H2,1-2H3. The minimum absolute atomic E-state index is 0.516. The molecular weight excluding hydrogens is 234 g/mol. The zero-order valence-electron chi connectivity index (χ0n) is 10.7. The molecule has 1 unspecified atom stereocenters. The molecule has 0 saturated heterocycles. The van der Waals surface area contributed by atoms with E-state index in [9.17, 15) is 0 Å². The van der Waals surface area contributed by atoms with Crippen molar-refractivity contribution in [1.82, 2.24) is 0 Å². The van der Waals surface area contributed by atoms with Crippen LogP contribution < -0.4 is 10.5 Å². The highest BCUT2D eigenvalue weighted by molar-refractivity contribution is 6.31. The molecule has 2 N–H and O–H groups in total. The van der Waals surface area contributed by atoms with Crippen LogP contribution in [0.4, 0.5) is 0 Å². The summed E-state index contributed by atoms with van der Waals surface area (Å²) >= 11 is 6.31. The SMILES string of the molecule is CCCC(CCCN)c1ccc(OC)cc1Cl. The molecule has 0 aliphatic rings. The molecule has 0 amide bonds. The van der Waals surface area contributed by atoms with Crippen LogP contribution in [0.25, 0.3) is 0 Å². The Labute approximate surface area is 109 Å². The Kier molecular flexibility index (Phi) is 6.38. The largest absolute Gasteiger partial charge is 0.497 e. The maximum Gasteiger partial charge on any atom is 0.120 e. The van der Waals surface area contributed by atoms with Crippen LogP contribution in [0.15, 0.2) is 18.2 Å². The van der Waals surface area contributed by atoms with Gasteiger partial charge in [-0.1, -0.05) is 31.0 Å². The topological polar surface area (TPSA) is 35.2 Å². The average Bonchev–Trinajstić information content (AvgIpc) is 2.34. The molecule has 0 heterocycles. The second-order valence-electron chi connectivity index (χ2n) is 4.30. The molecule has 0 fully saturated rings. The highest BCUT2D eigenvalue weighted by Gasteiger charge is 2.14. The lowest BCUT2D eigenvalue weighted by atomic mass is 9.90. The molecule has 0 aliphatic heterocycles. The van der Waals surface area contributed by atoms with Crippen molar-refractivity contribution in [2.45, 2.75) is 38.5 Å². The van der Waals surface area contributed by atoms with Crippen molar-refractivity contribution >= 4 is 11.6 Å². The fourth-order valence-corrected chi connectivity index (χ4v) is 2.46. The molecule has 1 atom stereocenters. The molecule has 0 aromatic heterocycles. The number of benzene rings is 1. The molecule has 1 rings (SSSR count). The summed E-state index contributed by atoms with van der Waals surface area (Å²) in [6.45, 7) is 2.95. The van der Waals surface area contributed by atoms with E-state index >= 15 is 0 Å². The summed E-state index contributed by atoms with van der Waals surface area (Å²) in [7, 11) is 1.66. The summed E-state index contributed by atoms with van der Waals surface area (Å²) < 4.78 is 5.17. The van der Waals surface area contributed by atoms with Crippen LogP contribution in [-0.4, -0.2) is 13.7 Å². The lowest BCUT2D eigenvalue weighted by molar-refractivity contribution is 0.414. The van der Waals surface area contributed by atoms with E-state index in [1.165, 1.54) is 5.56 Å². The number of rotatable bonds is 7. The van der Waals surface area contributed by atoms with Crippen molar-refractivity contribution < 1.29 is 4.74 Å². The van der Waals surface area contributed by atoms with Gasteiger partial charge in [-0.2, -0.15) is 0 Å². The molecule has 0 saturated carbocycles. The third-order valence-electron chi connectivity index (χ3n) is 3.04. The molecule has 17 heavy (non-hydrogen) atoms. The molecule has 0 spiro atoms. The summed E-state index contributed by atoms with van der Waals surface area (Å²) in [5, 5.41) is 0.805. The monoisotopic (exact) mass is 255 g/mol. The molecule has 0 aliphatic carbocycles. The molecule has 2 nitrogen and oxygen atoms in total. The van der Waals surface area contributed by atoms with Crippen LogP contribution in [0, 0.1) is 0 Å². The van der Waals surface area contributed by atoms with Crippen molar-refractivity contribution in [2.75, 3.05) is 13.7 Å². The highest BCUT2D eigenvalue weighted by Crippen LogP contribution is 2.33. The van der Waals surface area contributed by atoms with Gasteiger partial charge in [0, 0.05) is 5.02 Å². The molecule has 96 valence electrons. The lowest BCUT2D eigenvalue weighted by Gasteiger charge is -2.18. The molecule has 0 bridgehead atoms. The summed E-state index contributed by atoms with van der Waals surface area (Å²) in [4.78, 5) is 0. The minimum atomic E-state index is 0.516. The third kappa shape index (κ3) is 4.21. The van der Waals surface area contributed by atoms with Gasteiger partial charge in [0.25, 0.3) is 0 Å². The lowest BCUT2D eigenvalue weighted by Crippen LogP contribution is -2.05. The van der Waals surface area contributed by atoms with Crippen LogP contribution in [0.5, 0.6) is 5.75 Å². The van der Waals surface area contributed by atoms with E-state index in [4.69, 9.17) is 22.1 Å². The van der Waals surface area contributed by atoms with Gasteiger partial charge >= 0.3 is 0 Å². The maximum atomic E-state index is 6.31. The van der Waals surface area contributed by atoms with Gasteiger partial charge in [-0.05, 0) is 49.4 Å². The summed E-state index contributed by atoms with van der Waals surface area (Å²) in [6, 6.07) is 5.95. The fraction of sp³-hybridized carbons (Fsp3) is 0.571. The second-order valence-corrected chi connectivity index (χ2v) is 4.71. The third-order valence-corrected chi connectivity index (χ3v) is 3.37. The van der Waals surface area contributed by atoms with Gasteiger partial charge in [0.15, 0.2) is 0 Å². The van der Waals surface area contributed by atoms with Gasteiger partial charge in [-0.15, -0.1) is 0 Å². The van der Waals surface area contributed by atoms with Crippen LogP contribution in [-0.2, 0) is 0 Å². The Balaban J connectivity index is 2.85. The van der Waals surface area contributed by atoms with E-state index in [1.54, 1.807) is 7.11 Å². The first-order valence-corrected chi connectivity index (χ1v) is 6.64. The number of hydrogen-bond acceptors (Lipinski definition) is 2. The zero-order chi connectivity index (χ0) is 12.7. The summed E-state index contributed by atoms with van der Waals surface area (Å²) in [6.07, 6.45) is 4.48. The van der Waals surface area contributed by atoms with Gasteiger partial charge in [0.05, 0.1) is 7.11 Å². The van der Waals surface area contributed by atoms with Crippen molar-refractivity contribution in [2.24, 2.45) is 5.73 Å². The van der Waals surface area contributed by atoms with Gasteiger partial charge in [-0.3, -0.25) is 0 Å². The summed E-state index contributed by atoms with van der Waals surface area (Å²) in [5.41, 5.74) is 6.81. The first kappa shape index (κ1) is 14.3. The zero-order valence-corrected chi connectivity index (χ0v) is 11.5. The molecular formula is C14H22ClNO. The van der Waals surface area contributed by atoms with Crippen molar-refractivity contribution in [3.8, 4) is 5.75 Å². The Morgan fingerprint density at radius 1 is 1.35 bits per heavy atom. The normalized spacial score (nSPS) is 12.5. The highest BCUT2D eigenvalue weighted by atomic mass is 35.5. The van der Waals surface area contributed by atoms with Gasteiger partial charge in [0.1, 0.15) is 5.75 Å². The van der Waals surface area contributed by atoms with E-state index in [2.05, 4.69) is 13.0 Å². The van der Waals surface area contributed by atoms with E-state index in [1.807, 2.05) is 12.1 Å². The maximum absolute atomic E-state index is 6.31. The summed E-state index contributed by atoms with van der Waals surface area (Å²) in [5.74, 6) is 1.33. The Hall–Kier alpha value is -0.730. The number of hydrogen-bond donors (Lipinski definition) is 1. The second kappa shape index (κ2) is 7.57. The van der Waals surface area contributed by atoms with Crippen LogP contribution in [0.2, 0.25) is 5.02 Å². The van der Waals surface area contributed by atoms with E-state index in [0.29, 0.717) is 5.92 Å². The fourth-order valence-electron chi connectivity index (χ4n) is 2.13.